The minimum absolute atomic E-state index is 0.0157. The average Bonchev–Trinajstić information content (AvgIpc) is 3.99. The van der Waals surface area contributed by atoms with Gasteiger partial charge in [-0.1, -0.05) is 38.5 Å². The average molecular weight is 961 g/mol. The van der Waals surface area contributed by atoms with Gasteiger partial charge in [-0.3, -0.25) is 19.2 Å². The molecule has 2 aliphatic carbocycles. The molecule has 22 heteroatoms. The minimum atomic E-state index is -3.61. The third kappa shape index (κ3) is 12.8. The van der Waals surface area contributed by atoms with Gasteiger partial charge < -0.3 is 39.8 Å². The Morgan fingerprint density at radius 3 is 1.26 bits per heavy atom. The van der Waals surface area contributed by atoms with Crippen molar-refractivity contribution < 1.29 is 64.9 Å². The standard InChI is InChI=1S/C22H37N3O7S.C21H35N3O7S/c1-22(2,3)32-21(28)23-17(14-9-7-6-8-10-14)19(26)24-12-11-16-18(24)15(20(27)31-4)13-25(16)33(5,29)30;1-21(2,3)31-20(28)22-16(13-8-6-5-7-9-13)18(25)23-11-10-15-17(23)14(19(26)27)12-24(15)32(4,29)30/h14-18H,6-13H2,1-5H3,(H,23,28);13-17H,5-12H2,1-4H3,(H,22,28)(H,26,27)/t15-,16+,17-,18+;14-,15+,16-,17+/m00/s1. The van der Waals surface area contributed by atoms with Gasteiger partial charge in [-0.25, -0.2) is 26.4 Å². The molecule has 20 nitrogen and oxygen atoms in total. The highest BCUT2D eigenvalue weighted by molar-refractivity contribution is 7.88. The number of carboxylic acid groups (broad SMARTS) is 1. The van der Waals surface area contributed by atoms with E-state index in [1.54, 1.807) is 46.4 Å². The van der Waals surface area contributed by atoms with E-state index in [9.17, 15) is 50.7 Å². The highest BCUT2D eigenvalue weighted by Gasteiger charge is 2.58. The summed E-state index contributed by atoms with van der Waals surface area (Å²) in [5, 5.41) is 15.3. The van der Waals surface area contributed by atoms with E-state index >= 15 is 0 Å². The number of aliphatic carboxylic acids is 1. The molecule has 4 aliphatic heterocycles. The minimum Gasteiger partial charge on any atom is -0.481 e. The molecule has 4 saturated heterocycles. The quantitative estimate of drug-likeness (QED) is 0.210. The number of ether oxygens (including phenoxy) is 3. The predicted octanol–water partition coefficient (Wildman–Crippen LogP) is 2.90. The highest BCUT2D eigenvalue weighted by Crippen LogP contribution is 2.41. The van der Waals surface area contributed by atoms with Crippen molar-refractivity contribution in [3.8, 4) is 0 Å². The number of esters is 1. The molecule has 6 aliphatic rings. The summed E-state index contributed by atoms with van der Waals surface area (Å²) < 4.78 is 67.5. The van der Waals surface area contributed by atoms with Crippen molar-refractivity contribution in [1.82, 2.24) is 29.0 Å². The normalized spacial score (nSPS) is 28.0. The number of fused-ring (bicyclic) bond motifs is 2. The van der Waals surface area contributed by atoms with Crippen molar-refractivity contribution in [2.75, 3.05) is 45.8 Å². The van der Waals surface area contributed by atoms with Crippen LogP contribution < -0.4 is 10.6 Å². The Hall–Kier alpha value is -3.76. The van der Waals surface area contributed by atoms with E-state index in [0.29, 0.717) is 19.4 Å². The van der Waals surface area contributed by atoms with Crippen LogP contribution in [0.4, 0.5) is 9.59 Å². The van der Waals surface area contributed by atoms with E-state index < -0.39 is 103 Å². The van der Waals surface area contributed by atoms with Gasteiger partial charge in [-0.05, 0) is 91.9 Å². The molecule has 6 fully saturated rings. The Balaban J connectivity index is 0.000000244. The molecule has 0 unspecified atom stereocenters. The van der Waals surface area contributed by atoms with Crippen molar-refractivity contribution in [2.24, 2.45) is 23.7 Å². The number of carbonyl (C=O) groups excluding carboxylic acids is 5. The number of methoxy groups -OCH3 is 1. The summed E-state index contributed by atoms with van der Waals surface area (Å²) in [4.78, 5) is 80.2. The lowest BCUT2D eigenvalue weighted by Crippen LogP contribution is -2.56. The lowest BCUT2D eigenvalue weighted by Gasteiger charge is -2.36. The molecule has 0 aromatic heterocycles. The van der Waals surface area contributed by atoms with Crippen molar-refractivity contribution >= 4 is 56.0 Å². The van der Waals surface area contributed by atoms with Crippen LogP contribution in [0, 0.1) is 23.7 Å². The summed E-state index contributed by atoms with van der Waals surface area (Å²) in [6.07, 6.45) is 10.8. The summed E-state index contributed by atoms with van der Waals surface area (Å²) in [5.74, 6) is -4.18. The molecular weight excluding hydrogens is 889 g/mol. The molecule has 65 heavy (non-hydrogen) atoms. The summed E-state index contributed by atoms with van der Waals surface area (Å²) in [7, 11) is -5.91. The largest absolute Gasteiger partial charge is 0.481 e. The molecule has 4 heterocycles. The molecule has 370 valence electrons. The number of sulfonamides is 2. The Bertz CT molecular complexity index is 1990. The number of likely N-dealkylation sites (tertiary alicyclic amines) is 2. The molecule has 0 radical (unpaired) electrons. The van der Waals surface area contributed by atoms with Gasteiger partial charge in [0.25, 0.3) is 0 Å². The zero-order valence-corrected chi connectivity index (χ0v) is 41.1. The second-order valence-electron chi connectivity index (χ2n) is 20.5. The second kappa shape index (κ2) is 20.6. The van der Waals surface area contributed by atoms with Crippen LogP contribution in [0.15, 0.2) is 0 Å². The molecule has 0 bridgehead atoms. The van der Waals surface area contributed by atoms with Gasteiger partial charge in [0.15, 0.2) is 0 Å². The monoisotopic (exact) mass is 960 g/mol. The van der Waals surface area contributed by atoms with Gasteiger partial charge in [0.1, 0.15) is 23.3 Å². The maximum absolute atomic E-state index is 13.8. The highest BCUT2D eigenvalue weighted by atomic mass is 32.2. The predicted molar refractivity (Wildman–Crippen MR) is 237 cm³/mol. The fourth-order valence-electron chi connectivity index (χ4n) is 10.9. The van der Waals surface area contributed by atoms with E-state index in [-0.39, 0.29) is 43.3 Å². The van der Waals surface area contributed by atoms with Crippen LogP contribution in [-0.4, -0.2) is 170 Å². The lowest BCUT2D eigenvalue weighted by molar-refractivity contribution is -0.149. The second-order valence-corrected chi connectivity index (χ2v) is 24.4. The number of nitrogens with zero attached hydrogens (tertiary/aromatic N) is 4. The first-order valence-corrected chi connectivity index (χ1v) is 26.7. The van der Waals surface area contributed by atoms with Crippen LogP contribution in [-0.2, 0) is 53.4 Å². The molecule has 3 N–H and O–H groups in total. The molecule has 8 atom stereocenters. The van der Waals surface area contributed by atoms with E-state index in [1.807, 2.05) is 0 Å². The Morgan fingerprint density at radius 1 is 0.585 bits per heavy atom. The number of hydrogen-bond acceptors (Lipinski definition) is 13. The van der Waals surface area contributed by atoms with E-state index in [4.69, 9.17) is 14.2 Å². The first-order chi connectivity index (χ1) is 30.1. The van der Waals surface area contributed by atoms with E-state index in [1.165, 1.54) is 20.6 Å². The molecule has 0 aromatic rings. The Labute approximate surface area is 384 Å². The summed E-state index contributed by atoms with van der Waals surface area (Å²) in [6.45, 7) is 10.9. The summed E-state index contributed by atoms with van der Waals surface area (Å²) in [5.41, 5.74) is -1.43. The van der Waals surface area contributed by atoms with Gasteiger partial charge in [0.2, 0.25) is 31.9 Å². The Kier molecular flexibility index (Phi) is 16.6. The van der Waals surface area contributed by atoms with Crippen molar-refractivity contribution in [3.05, 3.63) is 0 Å². The molecule has 6 rings (SSSR count). The number of alkyl carbamates (subject to hydrolysis) is 2. The topological polar surface area (TPSA) is 256 Å². The number of hydrogen-bond donors (Lipinski definition) is 3. The first-order valence-electron chi connectivity index (χ1n) is 23.0. The van der Waals surface area contributed by atoms with Crippen LogP contribution in [0.2, 0.25) is 0 Å². The lowest BCUT2D eigenvalue weighted by atomic mass is 9.83. The maximum Gasteiger partial charge on any atom is 0.408 e. The van der Waals surface area contributed by atoms with Gasteiger partial charge in [-0.15, -0.1) is 0 Å². The number of carbonyl (C=O) groups is 6. The van der Waals surface area contributed by atoms with Crippen molar-refractivity contribution in [1.29, 1.82) is 0 Å². The fourth-order valence-corrected chi connectivity index (χ4v) is 13.2. The summed E-state index contributed by atoms with van der Waals surface area (Å²) >= 11 is 0. The van der Waals surface area contributed by atoms with Crippen LogP contribution in [0.5, 0.6) is 0 Å². The van der Waals surface area contributed by atoms with Gasteiger partial charge in [0.05, 0.1) is 43.5 Å². The van der Waals surface area contributed by atoms with Crippen LogP contribution in [0.25, 0.3) is 0 Å². The van der Waals surface area contributed by atoms with Crippen molar-refractivity contribution in [2.45, 2.75) is 166 Å². The van der Waals surface area contributed by atoms with Crippen LogP contribution in [0.3, 0.4) is 0 Å². The van der Waals surface area contributed by atoms with Gasteiger partial charge in [0, 0.05) is 38.3 Å². The molecular formula is C43H72N6O14S2. The Morgan fingerprint density at radius 2 is 0.938 bits per heavy atom. The maximum atomic E-state index is 13.8. The van der Waals surface area contributed by atoms with Gasteiger partial charge >= 0.3 is 24.1 Å². The molecule has 0 aromatic carbocycles. The van der Waals surface area contributed by atoms with E-state index in [2.05, 4.69) is 10.6 Å². The van der Waals surface area contributed by atoms with Gasteiger partial charge in [-0.2, -0.15) is 8.61 Å². The number of nitrogens with one attached hydrogen (secondary N) is 2. The SMILES string of the molecule is CC(C)(C)OC(=O)N[C@H](C(=O)N1CC[C@@H]2[C@H]1[C@@H](C(=O)O)CN2S(C)(=O)=O)C1CCCCC1.COC(=O)[C@H]1CN(S(C)(=O)=O)[C@@H]2CCN(C(=O)[C@@H](NC(=O)OC(C)(C)C)C3CCCCC3)[C@H]12. The number of rotatable bonds is 10. The zero-order chi connectivity index (χ0) is 48.4. The van der Waals surface area contributed by atoms with Crippen LogP contribution in [0.1, 0.15) is 119 Å². The third-order valence-electron chi connectivity index (χ3n) is 13.5. The zero-order valence-electron chi connectivity index (χ0n) is 39.4. The third-order valence-corrected chi connectivity index (χ3v) is 16.1. The van der Waals surface area contributed by atoms with Crippen molar-refractivity contribution in [3.63, 3.8) is 0 Å². The van der Waals surface area contributed by atoms with E-state index in [0.717, 1.165) is 76.7 Å². The van der Waals surface area contributed by atoms with Crippen LogP contribution >= 0.6 is 0 Å². The molecule has 2 saturated carbocycles. The number of carboxylic acids is 1. The first kappa shape index (κ1) is 52.2. The number of amides is 4. The smallest absolute Gasteiger partial charge is 0.408 e. The fraction of sp³-hybridized carbons (Fsp3) is 0.860. The molecule has 0 spiro atoms. The molecule has 4 amide bonds. The summed E-state index contributed by atoms with van der Waals surface area (Å²) in [6, 6.07) is -4.03.